The minimum Gasteiger partial charge on any atom is -0.492 e. The van der Waals surface area contributed by atoms with Gasteiger partial charge in [0.2, 0.25) is 0 Å². The molecule has 1 aliphatic heterocycles. The van der Waals surface area contributed by atoms with Gasteiger partial charge in [0.1, 0.15) is 12.4 Å². The van der Waals surface area contributed by atoms with Crippen LogP contribution in [0.5, 0.6) is 5.75 Å². The molecule has 1 fully saturated rings. The van der Waals surface area contributed by atoms with E-state index in [1.54, 1.807) is 0 Å². The van der Waals surface area contributed by atoms with Gasteiger partial charge >= 0.3 is 6.03 Å². The second-order valence-corrected chi connectivity index (χ2v) is 7.47. The summed E-state index contributed by atoms with van der Waals surface area (Å²) in [5, 5.41) is 12.0. The number of amides is 2. The topological polar surface area (TPSA) is 61.8 Å². The first-order valence-electron chi connectivity index (χ1n) is 8.77. The fraction of sp³-hybridized carbons (Fsp3) is 0.632. The van der Waals surface area contributed by atoms with E-state index in [1.165, 1.54) is 5.56 Å². The van der Waals surface area contributed by atoms with Gasteiger partial charge in [-0.3, -0.25) is 0 Å². The van der Waals surface area contributed by atoms with E-state index in [4.69, 9.17) is 9.84 Å². The average molecular weight is 334 g/mol. The van der Waals surface area contributed by atoms with E-state index in [0.29, 0.717) is 32.2 Å². The number of benzene rings is 1. The van der Waals surface area contributed by atoms with E-state index in [-0.39, 0.29) is 18.1 Å². The van der Waals surface area contributed by atoms with Crippen LogP contribution in [0.4, 0.5) is 4.79 Å². The highest BCUT2D eigenvalue weighted by atomic mass is 16.5. The molecule has 1 saturated heterocycles. The molecule has 24 heavy (non-hydrogen) atoms. The van der Waals surface area contributed by atoms with Crippen molar-refractivity contribution in [3.05, 3.63) is 29.8 Å². The summed E-state index contributed by atoms with van der Waals surface area (Å²) in [4.78, 5) is 13.9. The van der Waals surface area contributed by atoms with E-state index in [1.807, 2.05) is 17.0 Å². The molecule has 2 N–H and O–H groups in total. The third-order valence-electron chi connectivity index (χ3n) is 4.51. The number of aliphatic hydroxyl groups is 1. The molecule has 0 bridgehead atoms. The number of rotatable bonds is 5. The van der Waals surface area contributed by atoms with Gasteiger partial charge in [0.15, 0.2) is 0 Å². The van der Waals surface area contributed by atoms with Crippen LogP contribution in [0.25, 0.3) is 0 Å². The Morgan fingerprint density at radius 2 is 2.04 bits per heavy atom. The van der Waals surface area contributed by atoms with E-state index in [0.717, 1.165) is 18.6 Å². The van der Waals surface area contributed by atoms with Crippen LogP contribution in [-0.4, -0.2) is 48.9 Å². The van der Waals surface area contributed by atoms with E-state index >= 15 is 0 Å². The van der Waals surface area contributed by atoms with E-state index in [2.05, 4.69) is 38.2 Å². The molecule has 2 amide bonds. The fourth-order valence-electron chi connectivity index (χ4n) is 2.81. The summed E-state index contributed by atoms with van der Waals surface area (Å²) in [7, 11) is 0. The number of carbonyl (C=O) groups excluding carboxylic acids is 1. The van der Waals surface area contributed by atoms with Crippen LogP contribution in [0.1, 0.15) is 39.2 Å². The molecule has 0 unspecified atom stereocenters. The number of piperidine rings is 1. The molecule has 1 heterocycles. The number of ether oxygens (including phenoxy) is 1. The number of carbonyl (C=O) groups is 1. The zero-order valence-corrected chi connectivity index (χ0v) is 15.0. The monoisotopic (exact) mass is 334 g/mol. The predicted molar refractivity (Wildman–Crippen MR) is 95.4 cm³/mol. The van der Waals surface area contributed by atoms with Crippen molar-refractivity contribution in [1.29, 1.82) is 0 Å². The quantitative estimate of drug-likeness (QED) is 0.814. The van der Waals surface area contributed by atoms with Crippen molar-refractivity contribution in [2.45, 2.75) is 39.0 Å². The first-order chi connectivity index (χ1) is 11.4. The normalized spacial score (nSPS) is 16.1. The summed E-state index contributed by atoms with van der Waals surface area (Å²) in [5.74, 6) is 1.17. The Kier molecular flexibility index (Phi) is 6.49. The fourth-order valence-corrected chi connectivity index (χ4v) is 2.81. The van der Waals surface area contributed by atoms with Gasteiger partial charge in [-0.15, -0.1) is 0 Å². The Hall–Kier alpha value is -1.75. The molecule has 0 aromatic heterocycles. The molecule has 0 atom stereocenters. The molecule has 2 rings (SSSR count). The highest BCUT2D eigenvalue weighted by Crippen LogP contribution is 2.25. The Morgan fingerprint density at radius 1 is 1.33 bits per heavy atom. The predicted octanol–water partition coefficient (Wildman–Crippen LogP) is 2.78. The number of nitrogens with zero attached hydrogens (tertiary/aromatic N) is 1. The summed E-state index contributed by atoms with van der Waals surface area (Å²) >= 11 is 0. The highest BCUT2D eigenvalue weighted by molar-refractivity contribution is 5.74. The molecule has 0 radical (unpaired) electrons. The van der Waals surface area contributed by atoms with Crippen LogP contribution < -0.4 is 10.1 Å². The van der Waals surface area contributed by atoms with Crippen molar-refractivity contribution in [2.24, 2.45) is 5.92 Å². The SMILES string of the molecule is CC(C)(C)c1cccc(OCCNC(=O)N2CCC(CO)CC2)c1. The minimum absolute atomic E-state index is 0.0431. The number of hydrogen-bond acceptors (Lipinski definition) is 3. The van der Waals surface area contributed by atoms with Crippen LogP contribution in [-0.2, 0) is 5.41 Å². The third-order valence-corrected chi connectivity index (χ3v) is 4.51. The molecule has 5 nitrogen and oxygen atoms in total. The van der Waals surface area contributed by atoms with Gasteiger partial charge in [-0.1, -0.05) is 32.9 Å². The van der Waals surface area contributed by atoms with Gasteiger partial charge in [0, 0.05) is 19.7 Å². The zero-order chi connectivity index (χ0) is 17.6. The van der Waals surface area contributed by atoms with Crippen LogP contribution in [0, 0.1) is 5.92 Å². The average Bonchev–Trinajstić information content (AvgIpc) is 2.58. The maximum absolute atomic E-state index is 12.1. The van der Waals surface area contributed by atoms with Crippen molar-refractivity contribution in [3.8, 4) is 5.75 Å². The lowest BCUT2D eigenvalue weighted by molar-refractivity contribution is 0.136. The number of nitrogens with one attached hydrogen (secondary N) is 1. The molecular formula is C19H30N2O3. The van der Waals surface area contributed by atoms with Gasteiger partial charge < -0.3 is 20.1 Å². The minimum atomic E-state index is -0.0431. The van der Waals surface area contributed by atoms with Gasteiger partial charge in [0.05, 0.1) is 6.54 Å². The van der Waals surface area contributed by atoms with Crippen LogP contribution in [0.15, 0.2) is 24.3 Å². The van der Waals surface area contributed by atoms with Gasteiger partial charge in [0.25, 0.3) is 0 Å². The molecule has 0 aliphatic carbocycles. The lowest BCUT2D eigenvalue weighted by Crippen LogP contribution is -2.45. The number of aliphatic hydroxyl groups excluding tert-OH is 1. The molecule has 0 spiro atoms. The number of urea groups is 1. The Balaban J connectivity index is 1.70. The molecule has 1 aromatic rings. The maximum Gasteiger partial charge on any atom is 0.317 e. The second kappa shape index (κ2) is 8.38. The Labute approximate surface area is 145 Å². The first kappa shape index (κ1) is 18.6. The van der Waals surface area contributed by atoms with E-state index < -0.39 is 0 Å². The summed E-state index contributed by atoms with van der Waals surface area (Å²) in [6.07, 6.45) is 1.75. The maximum atomic E-state index is 12.1. The molecule has 134 valence electrons. The smallest absolute Gasteiger partial charge is 0.317 e. The van der Waals surface area contributed by atoms with Crippen LogP contribution in [0.2, 0.25) is 0 Å². The van der Waals surface area contributed by atoms with Crippen molar-refractivity contribution in [3.63, 3.8) is 0 Å². The van der Waals surface area contributed by atoms with Gasteiger partial charge in [-0.05, 0) is 41.9 Å². The largest absolute Gasteiger partial charge is 0.492 e. The van der Waals surface area contributed by atoms with E-state index in [9.17, 15) is 4.79 Å². The summed E-state index contributed by atoms with van der Waals surface area (Å²) in [5.41, 5.74) is 1.32. The van der Waals surface area contributed by atoms with Gasteiger partial charge in [-0.25, -0.2) is 4.79 Å². The van der Waals surface area contributed by atoms with Crippen molar-refractivity contribution >= 4 is 6.03 Å². The first-order valence-corrected chi connectivity index (χ1v) is 8.77. The Morgan fingerprint density at radius 3 is 2.67 bits per heavy atom. The van der Waals surface area contributed by atoms with Crippen LogP contribution in [0.3, 0.4) is 0 Å². The van der Waals surface area contributed by atoms with Crippen molar-refractivity contribution < 1.29 is 14.6 Å². The number of hydrogen-bond donors (Lipinski definition) is 2. The molecular weight excluding hydrogens is 304 g/mol. The number of likely N-dealkylation sites (tertiary alicyclic amines) is 1. The summed E-state index contributed by atoms with van der Waals surface area (Å²) < 4.78 is 5.75. The lowest BCUT2D eigenvalue weighted by Gasteiger charge is -2.31. The van der Waals surface area contributed by atoms with Crippen molar-refractivity contribution in [1.82, 2.24) is 10.2 Å². The van der Waals surface area contributed by atoms with Crippen LogP contribution >= 0.6 is 0 Å². The molecule has 1 aliphatic rings. The lowest BCUT2D eigenvalue weighted by atomic mass is 9.87. The van der Waals surface area contributed by atoms with Gasteiger partial charge in [-0.2, -0.15) is 0 Å². The summed E-state index contributed by atoms with van der Waals surface area (Å²) in [6.45, 7) is 9.10. The molecule has 5 heteroatoms. The standard InChI is InChI=1S/C19H30N2O3/c1-19(2,3)16-5-4-6-17(13-16)24-12-9-20-18(23)21-10-7-15(14-22)8-11-21/h4-6,13,15,22H,7-12,14H2,1-3H3,(H,20,23). The summed E-state index contributed by atoms with van der Waals surface area (Å²) in [6, 6.07) is 8.06. The zero-order valence-electron chi connectivity index (χ0n) is 15.0. The third kappa shape index (κ3) is 5.41. The Bertz CT molecular complexity index is 532. The molecule has 1 aromatic carbocycles. The molecule has 0 saturated carbocycles. The second-order valence-electron chi connectivity index (χ2n) is 7.47. The van der Waals surface area contributed by atoms with Crippen molar-refractivity contribution in [2.75, 3.05) is 32.8 Å². The highest BCUT2D eigenvalue weighted by Gasteiger charge is 2.21.